The molecule has 2 N–H and O–H groups in total. The molecule has 1 aromatic carbocycles. The summed E-state index contributed by atoms with van der Waals surface area (Å²) in [7, 11) is 0. The number of benzene rings is 1. The van der Waals surface area contributed by atoms with E-state index in [1.165, 1.54) is 43.2 Å². The lowest BCUT2D eigenvalue weighted by atomic mass is 9.99. The third-order valence-corrected chi connectivity index (χ3v) is 4.30. The standard InChI is InChI=1S/C16H25BrN2/c17-9-4-2-1-3-6-14-7-5-8-15(12-14)16-13-18-10-11-19-16/h5,7-8,12,16,18-19H,1-4,6,9-11,13H2. The van der Waals surface area contributed by atoms with E-state index < -0.39 is 0 Å². The highest BCUT2D eigenvalue weighted by Crippen LogP contribution is 2.17. The van der Waals surface area contributed by atoms with Gasteiger partial charge in [0.25, 0.3) is 0 Å². The fourth-order valence-corrected chi connectivity index (χ4v) is 3.03. The van der Waals surface area contributed by atoms with Crippen molar-refractivity contribution in [2.75, 3.05) is 25.0 Å². The molecule has 0 saturated carbocycles. The van der Waals surface area contributed by atoms with Crippen LogP contribution in [0.4, 0.5) is 0 Å². The van der Waals surface area contributed by atoms with E-state index in [1.54, 1.807) is 0 Å². The quantitative estimate of drug-likeness (QED) is 0.593. The zero-order valence-corrected chi connectivity index (χ0v) is 13.2. The highest BCUT2D eigenvalue weighted by molar-refractivity contribution is 9.09. The van der Waals surface area contributed by atoms with E-state index in [1.807, 2.05) is 0 Å². The minimum Gasteiger partial charge on any atom is -0.314 e. The normalized spacial score (nSPS) is 19.5. The van der Waals surface area contributed by atoms with Crippen molar-refractivity contribution >= 4 is 15.9 Å². The van der Waals surface area contributed by atoms with Crippen molar-refractivity contribution in [1.82, 2.24) is 10.6 Å². The summed E-state index contributed by atoms with van der Waals surface area (Å²) in [6.45, 7) is 3.21. The van der Waals surface area contributed by atoms with E-state index in [2.05, 4.69) is 50.8 Å². The predicted octanol–water partition coefficient (Wildman–Crippen LogP) is 3.42. The fraction of sp³-hybridized carbons (Fsp3) is 0.625. The minimum absolute atomic E-state index is 0.488. The van der Waals surface area contributed by atoms with E-state index >= 15 is 0 Å². The molecule has 0 spiro atoms. The topological polar surface area (TPSA) is 24.1 Å². The number of halogens is 1. The number of aryl methyl sites for hydroxylation is 1. The Hall–Kier alpha value is -0.380. The van der Waals surface area contributed by atoms with E-state index in [0.717, 1.165) is 25.0 Å². The lowest BCUT2D eigenvalue weighted by Crippen LogP contribution is -2.42. The summed E-state index contributed by atoms with van der Waals surface area (Å²) in [4.78, 5) is 0. The molecule has 1 saturated heterocycles. The Morgan fingerprint density at radius 1 is 1.11 bits per heavy atom. The van der Waals surface area contributed by atoms with Gasteiger partial charge in [0.1, 0.15) is 0 Å². The highest BCUT2D eigenvalue weighted by Gasteiger charge is 2.13. The predicted molar refractivity (Wildman–Crippen MR) is 86.0 cm³/mol. The molecule has 1 unspecified atom stereocenters. The van der Waals surface area contributed by atoms with Crippen molar-refractivity contribution in [3.63, 3.8) is 0 Å². The molecule has 0 radical (unpaired) electrons. The molecule has 0 amide bonds. The molecular weight excluding hydrogens is 300 g/mol. The first-order valence-electron chi connectivity index (χ1n) is 7.49. The van der Waals surface area contributed by atoms with Crippen molar-refractivity contribution in [2.45, 2.75) is 38.1 Å². The van der Waals surface area contributed by atoms with Crippen LogP contribution in [0.3, 0.4) is 0 Å². The Bertz CT molecular complexity index is 362. The molecule has 1 aromatic rings. The molecule has 19 heavy (non-hydrogen) atoms. The lowest BCUT2D eigenvalue weighted by molar-refractivity contribution is 0.430. The molecule has 1 heterocycles. The number of unbranched alkanes of at least 4 members (excludes halogenated alkanes) is 3. The molecule has 1 aliphatic rings. The summed E-state index contributed by atoms with van der Waals surface area (Å²) in [5.41, 5.74) is 2.92. The third kappa shape index (κ3) is 5.25. The number of hydrogen-bond acceptors (Lipinski definition) is 2. The van der Waals surface area contributed by atoms with Gasteiger partial charge in [-0.1, -0.05) is 53.0 Å². The first-order chi connectivity index (χ1) is 9.40. The summed E-state index contributed by atoms with van der Waals surface area (Å²) < 4.78 is 0. The Kier molecular flexibility index (Phi) is 6.90. The van der Waals surface area contributed by atoms with Gasteiger partial charge in [0, 0.05) is 31.0 Å². The van der Waals surface area contributed by atoms with Gasteiger partial charge in [-0.25, -0.2) is 0 Å². The van der Waals surface area contributed by atoms with E-state index in [4.69, 9.17) is 0 Å². The largest absolute Gasteiger partial charge is 0.314 e. The van der Waals surface area contributed by atoms with Crippen molar-refractivity contribution in [3.05, 3.63) is 35.4 Å². The van der Waals surface area contributed by atoms with Gasteiger partial charge in [0.05, 0.1) is 0 Å². The maximum absolute atomic E-state index is 3.58. The van der Waals surface area contributed by atoms with Crippen LogP contribution >= 0.6 is 15.9 Å². The summed E-state index contributed by atoms with van der Waals surface area (Å²) >= 11 is 3.49. The molecule has 2 rings (SSSR count). The van der Waals surface area contributed by atoms with Gasteiger partial charge in [-0.15, -0.1) is 0 Å². The molecule has 2 nitrogen and oxygen atoms in total. The lowest BCUT2D eigenvalue weighted by Gasteiger charge is -2.25. The van der Waals surface area contributed by atoms with Crippen molar-refractivity contribution in [1.29, 1.82) is 0 Å². The van der Waals surface area contributed by atoms with Crippen LogP contribution in [0.2, 0.25) is 0 Å². The molecular formula is C16H25BrN2. The molecule has 1 fully saturated rings. The van der Waals surface area contributed by atoms with Crippen LogP contribution in [-0.4, -0.2) is 25.0 Å². The molecule has 3 heteroatoms. The molecule has 0 aliphatic carbocycles. The van der Waals surface area contributed by atoms with Crippen molar-refractivity contribution < 1.29 is 0 Å². The van der Waals surface area contributed by atoms with Gasteiger partial charge < -0.3 is 10.6 Å². The van der Waals surface area contributed by atoms with Gasteiger partial charge in [0.2, 0.25) is 0 Å². The Morgan fingerprint density at radius 2 is 2.00 bits per heavy atom. The average Bonchev–Trinajstić information content (AvgIpc) is 2.48. The summed E-state index contributed by atoms with van der Waals surface area (Å²) in [5.74, 6) is 0. The minimum atomic E-state index is 0.488. The summed E-state index contributed by atoms with van der Waals surface area (Å²) in [6.07, 6.45) is 6.53. The van der Waals surface area contributed by atoms with Crippen LogP contribution in [0.5, 0.6) is 0 Å². The van der Waals surface area contributed by atoms with Crippen molar-refractivity contribution in [2.24, 2.45) is 0 Å². The highest BCUT2D eigenvalue weighted by atomic mass is 79.9. The first-order valence-corrected chi connectivity index (χ1v) is 8.61. The second-order valence-electron chi connectivity index (χ2n) is 5.31. The smallest absolute Gasteiger partial charge is 0.0447 e. The number of nitrogens with one attached hydrogen (secondary N) is 2. The second kappa shape index (κ2) is 8.72. The van der Waals surface area contributed by atoms with E-state index in [0.29, 0.717) is 6.04 Å². The first kappa shape index (κ1) is 15.0. The monoisotopic (exact) mass is 324 g/mol. The SMILES string of the molecule is BrCCCCCCc1cccc(C2CNCCN2)c1. The van der Waals surface area contributed by atoms with Crippen molar-refractivity contribution in [3.8, 4) is 0 Å². The molecule has 0 bridgehead atoms. The second-order valence-corrected chi connectivity index (χ2v) is 6.10. The van der Waals surface area contributed by atoms with E-state index in [-0.39, 0.29) is 0 Å². The Morgan fingerprint density at radius 3 is 2.79 bits per heavy atom. The van der Waals surface area contributed by atoms with Gasteiger partial charge in [-0.05, 0) is 30.4 Å². The maximum Gasteiger partial charge on any atom is 0.0447 e. The number of piperazine rings is 1. The van der Waals surface area contributed by atoms with Crippen LogP contribution in [0.25, 0.3) is 0 Å². The van der Waals surface area contributed by atoms with Gasteiger partial charge in [-0.3, -0.25) is 0 Å². The maximum atomic E-state index is 3.58. The van der Waals surface area contributed by atoms with Crippen LogP contribution in [0.1, 0.15) is 42.9 Å². The molecule has 1 aliphatic heterocycles. The molecule has 0 aromatic heterocycles. The van der Waals surface area contributed by atoms with Gasteiger partial charge >= 0.3 is 0 Å². The fourth-order valence-electron chi connectivity index (χ4n) is 2.63. The molecule has 106 valence electrons. The zero-order chi connectivity index (χ0) is 13.3. The zero-order valence-electron chi connectivity index (χ0n) is 11.6. The third-order valence-electron chi connectivity index (χ3n) is 3.74. The Balaban J connectivity index is 1.81. The van der Waals surface area contributed by atoms with Gasteiger partial charge in [0.15, 0.2) is 0 Å². The number of hydrogen-bond donors (Lipinski definition) is 2. The van der Waals surface area contributed by atoms with Crippen LogP contribution in [0, 0.1) is 0 Å². The van der Waals surface area contributed by atoms with E-state index in [9.17, 15) is 0 Å². The molecule has 1 atom stereocenters. The average molecular weight is 325 g/mol. The number of rotatable bonds is 7. The summed E-state index contributed by atoms with van der Waals surface area (Å²) in [6, 6.07) is 9.60. The Labute approximate surface area is 125 Å². The number of alkyl halides is 1. The van der Waals surface area contributed by atoms with Crippen LogP contribution < -0.4 is 10.6 Å². The summed E-state index contributed by atoms with van der Waals surface area (Å²) in [5, 5.41) is 8.17. The van der Waals surface area contributed by atoms with Gasteiger partial charge in [-0.2, -0.15) is 0 Å². The van der Waals surface area contributed by atoms with Crippen LogP contribution in [0.15, 0.2) is 24.3 Å². The van der Waals surface area contributed by atoms with Crippen LogP contribution in [-0.2, 0) is 6.42 Å².